The molecule has 0 bridgehead atoms. The zero-order chi connectivity index (χ0) is 10.8. The van der Waals surface area contributed by atoms with Gasteiger partial charge >= 0.3 is 5.97 Å². The van der Waals surface area contributed by atoms with Crippen LogP contribution in [-0.2, 0) is 9.59 Å². The van der Waals surface area contributed by atoms with Gasteiger partial charge in [-0.2, -0.15) is 0 Å². The third-order valence-corrected chi connectivity index (χ3v) is 3.01. The van der Waals surface area contributed by atoms with Crippen LogP contribution >= 0.6 is 0 Å². The number of aliphatic hydroxyl groups is 1. The number of carboxylic acid groups (broad SMARTS) is 1. The maximum Gasteiger partial charge on any atom is 0.376 e. The van der Waals surface area contributed by atoms with Crippen LogP contribution in [0.15, 0.2) is 11.8 Å². The second-order valence-corrected chi connectivity index (χ2v) is 3.69. The van der Waals surface area contributed by atoms with Gasteiger partial charge in [-0.25, -0.2) is 4.79 Å². The largest absolute Gasteiger partial charge is 0.512 e. The summed E-state index contributed by atoms with van der Waals surface area (Å²) < 4.78 is 0. The van der Waals surface area contributed by atoms with Gasteiger partial charge in [-0.05, 0) is 19.3 Å². The Morgan fingerprint density at radius 1 is 1.36 bits per heavy atom. The fraction of sp³-hybridized carbons (Fsp3) is 0.600. The summed E-state index contributed by atoms with van der Waals surface area (Å²) in [6.07, 6.45) is 4.26. The van der Waals surface area contributed by atoms with Gasteiger partial charge in [0, 0.05) is 11.5 Å². The van der Waals surface area contributed by atoms with Crippen molar-refractivity contribution in [3.8, 4) is 0 Å². The summed E-state index contributed by atoms with van der Waals surface area (Å²) in [6.45, 7) is 1.93. The van der Waals surface area contributed by atoms with Gasteiger partial charge in [-0.3, -0.25) is 4.79 Å². The molecule has 4 nitrogen and oxygen atoms in total. The van der Waals surface area contributed by atoms with Crippen molar-refractivity contribution in [2.75, 3.05) is 0 Å². The third-order valence-electron chi connectivity index (χ3n) is 3.01. The molecule has 0 aromatic heterocycles. The summed E-state index contributed by atoms with van der Waals surface area (Å²) in [5.74, 6) is -2.65. The molecule has 1 rings (SSSR count). The Morgan fingerprint density at radius 2 is 1.93 bits per heavy atom. The van der Waals surface area contributed by atoms with E-state index in [-0.39, 0.29) is 11.2 Å². The minimum atomic E-state index is -1.53. The first kappa shape index (κ1) is 10.8. The Bertz CT molecular complexity index is 281. The van der Waals surface area contributed by atoms with E-state index < -0.39 is 11.8 Å². The van der Waals surface area contributed by atoms with Gasteiger partial charge in [0.05, 0.1) is 0 Å². The van der Waals surface area contributed by atoms with Crippen LogP contribution in [-0.4, -0.2) is 22.0 Å². The van der Waals surface area contributed by atoms with Crippen LogP contribution in [0.3, 0.4) is 0 Å². The smallest absolute Gasteiger partial charge is 0.376 e. The van der Waals surface area contributed by atoms with Gasteiger partial charge in [0.25, 0.3) is 5.78 Å². The molecule has 1 aliphatic rings. The number of hydrogen-bond donors (Lipinski definition) is 2. The molecule has 14 heavy (non-hydrogen) atoms. The molecular weight excluding hydrogens is 184 g/mol. The Hall–Kier alpha value is -1.32. The molecular formula is C10H14O4. The average molecular weight is 198 g/mol. The van der Waals surface area contributed by atoms with E-state index in [0.29, 0.717) is 0 Å². The van der Waals surface area contributed by atoms with Crippen molar-refractivity contribution in [2.24, 2.45) is 5.41 Å². The molecule has 0 unspecified atom stereocenters. The van der Waals surface area contributed by atoms with Crippen LogP contribution in [0.25, 0.3) is 0 Å². The minimum Gasteiger partial charge on any atom is -0.512 e. The van der Waals surface area contributed by atoms with Crippen molar-refractivity contribution in [1.29, 1.82) is 0 Å². The van der Waals surface area contributed by atoms with Crippen molar-refractivity contribution in [1.82, 2.24) is 0 Å². The van der Waals surface area contributed by atoms with Crippen molar-refractivity contribution in [2.45, 2.75) is 32.6 Å². The van der Waals surface area contributed by atoms with E-state index in [4.69, 9.17) is 5.11 Å². The standard InChI is InChI=1S/C10H14O4/c1-2-10(4-3-5-10)8(12)6-7(11)9(13)14/h6,12H,2-5H2,1H3,(H,13,14). The lowest BCUT2D eigenvalue weighted by Crippen LogP contribution is -2.31. The zero-order valence-corrected chi connectivity index (χ0v) is 8.12. The normalized spacial score (nSPS) is 19.9. The van der Waals surface area contributed by atoms with Gasteiger partial charge in [-0.15, -0.1) is 0 Å². The van der Waals surface area contributed by atoms with Crippen LogP contribution in [0, 0.1) is 5.41 Å². The fourth-order valence-electron chi connectivity index (χ4n) is 1.73. The van der Waals surface area contributed by atoms with E-state index in [9.17, 15) is 14.7 Å². The van der Waals surface area contributed by atoms with Crippen molar-refractivity contribution in [3.63, 3.8) is 0 Å². The van der Waals surface area contributed by atoms with E-state index >= 15 is 0 Å². The summed E-state index contributed by atoms with van der Waals surface area (Å²) in [5, 5.41) is 18.0. The number of rotatable bonds is 4. The van der Waals surface area contributed by atoms with E-state index in [2.05, 4.69) is 0 Å². The topological polar surface area (TPSA) is 74.6 Å². The van der Waals surface area contributed by atoms with Crippen molar-refractivity contribution >= 4 is 11.8 Å². The summed E-state index contributed by atoms with van der Waals surface area (Å²) in [7, 11) is 0. The van der Waals surface area contributed by atoms with Crippen LogP contribution in [0.1, 0.15) is 32.6 Å². The van der Waals surface area contributed by atoms with Crippen LogP contribution in [0.4, 0.5) is 0 Å². The first-order valence-electron chi connectivity index (χ1n) is 4.70. The van der Waals surface area contributed by atoms with E-state index in [1.165, 1.54) is 0 Å². The van der Waals surface area contributed by atoms with Crippen molar-refractivity contribution < 1.29 is 19.8 Å². The summed E-state index contributed by atoms with van der Waals surface area (Å²) in [4.78, 5) is 21.1. The highest BCUT2D eigenvalue weighted by atomic mass is 16.4. The summed E-state index contributed by atoms with van der Waals surface area (Å²) in [5.41, 5.74) is -0.328. The predicted octanol–water partition coefficient (Wildman–Crippen LogP) is 1.66. The maximum absolute atomic E-state index is 10.8. The molecule has 0 aromatic carbocycles. The lowest BCUT2D eigenvalue weighted by molar-refractivity contribution is -0.146. The molecule has 4 heteroatoms. The molecule has 1 saturated carbocycles. The number of carbonyl (C=O) groups excluding carboxylic acids is 1. The van der Waals surface area contributed by atoms with Crippen molar-refractivity contribution in [3.05, 3.63) is 11.8 Å². The van der Waals surface area contributed by atoms with Gasteiger partial charge in [-0.1, -0.05) is 13.3 Å². The van der Waals surface area contributed by atoms with E-state index in [0.717, 1.165) is 31.8 Å². The second kappa shape index (κ2) is 3.82. The quantitative estimate of drug-likeness (QED) is 0.409. The molecule has 0 aliphatic heterocycles. The van der Waals surface area contributed by atoms with Crippen LogP contribution < -0.4 is 0 Å². The molecule has 0 heterocycles. The Labute approximate surface area is 82.2 Å². The number of aliphatic carboxylic acids is 1. The molecule has 1 fully saturated rings. The van der Waals surface area contributed by atoms with Gasteiger partial charge in [0.1, 0.15) is 5.76 Å². The molecule has 0 amide bonds. The van der Waals surface area contributed by atoms with E-state index in [1.54, 1.807) is 0 Å². The molecule has 0 aromatic rings. The summed E-state index contributed by atoms with van der Waals surface area (Å²) >= 11 is 0. The number of carboxylic acids is 1. The monoisotopic (exact) mass is 198 g/mol. The maximum atomic E-state index is 10.8. The first-order chi connectivity index (χ1) is 6.52. The molecule has 0 saturated heterocycles. The van der Waals surface area contributed by atoms with Gasteiger partial charge in [0.2, 0.25) is 0 Å². The average Bonchev–Trinajstić information content (AvgIpc) is 2.02. The number of carbonyl (C=O) groups is 2. The van der Waals surface area contributed by atoms with E-state index in [1.807, 2.05) is 6.92 Å². The van der Waals surface area contributed by atoms with Gasteiger partial charge in [0.15, 0.2) is 0 Å². The Kier molecular flexibility index (Phi) is 2.93. The molecule has 78 valence electrons. The second-order valence-electron chi connectivity index (χ2n) is 3.69. The SMILES string of the molecule is CCC1(C(O)=CC(=O)C(=O)O)CCC1. The molecule has 0 spiro atoms. The zero-order valence-electron chi connectivity index (χ0n) is 8.12. The predicted molar refractivity (Wildman–Crippen MR) is 49.9 cm³/mol. The highest BCUT2D eigenvalue weighted by Gasteiger charge is 2.39. The van der Waals surface area contributed by atoms with Crippen LogP contribution in [0.2, 0.25) is 0 Å². The highest BCUT2D eigenvalue weighted by Crippen LogP contribution is 2.48. The Balaban J connectivity index is 2.77. The molecule has 0 radical (unpaired) electrons. The lowest BCUT2D eigenvalue weighted by atomic mass is 9.65. The molecule has 1 aliphatic carbocycles. The summed E-state index contributed by atoms with van der Waals surface area (Å²) in [6, 6.07) is 0. The lowest BCUT2D eigenvalue weighted by Gasteiger charge is -2.40. The number of allylic oxidation sites excluding steroid dienone is 1. The molecule has 0 atom stereocenters. The first-order valence-corrected chi connectivity index (χ1v) is 4.70. The number of ketones is 1. The number of aliphatic hydroxyl groups excluding tert-OH is 1. The number of hydrogen-bond acceptors (Lipinski definition) is 3. The van der Waals surface area contributed by atoms with Crippen LogP contribution in [0.5, 0.6) is 0 Å². The minimum absolute atomic E-state index is 0.0707. The fourth-order valence-corrected chi connectivity index (χ4v) is 1.73. The molecule has 2 N–H and O–H groups in total. The highest BCUT2D eigenvalue weighted by molar-refractivity contribution is 6.37. The van der Waals surface area contributed by atoms with Gasteiger partial charge < -0.3 is 10.2 Å². The Morgan fingerprint density at radius 3 is 2.21 bits per heavy atom. The third kappa shape index (κ3) is 1.78.